The molecule has 0 saturated heterocycles. The molecule has 21 heavy (non-hydrogen) atoms. The summed E-state index contributed by atoms with van der Waals surface area (Å²) in [7, 11) is 0. The van der Waals surface area contributed by atoms with Gasteiger partial charge in [-0.3, -0.25) is 4.79 Å². The van der Waals surface area contributed by atoms with Gasteiger partial charge in [-0.1, -0.05) is 42.5 Å². The van der Waals surface area contributed by atoms with Crippen LogP contribution < -0.4 is 10.1 Å². The summed E-state index contributed by atoms with van der Waals surface area (Å²) >= 11 is 0. The number of carbonyl (C=O) groups is 1. The molecule has 0 spiro atoms. The molecule has 0 aromatic heterocycles. The summed E-state index contributed by atoms with van der Waals surface area (Å²) in [5.41, 5.74) is 2.23. The van der Waals surface area contributed by atoms with Crippen LogP contribution in [0.3, 0.4) is 0 Å². The molecular weight excluding hydrogens is 262 g/mol. The van der Waals surface area contributed by atoms with Crippen LogP contribution in [0.1, 0.15) is 17.9 Å². The first-order valence-corrected chi connectivity index (χ1v) is 7.41. The van der Waals surface area contributed by atoms with Gasteiger partial charge < -0.3 is 10.1 Å². The Kier molecular flexibility index (Phi) is 2.92. The molecule has 3 nitrogen and oxygen atoms in total. The first-order valence-electron chi connectivity index (χ1n) is 7.41. The number of hydrogen-bond donors (Lipinski definition) is 1. The number of Topliss-reactive ketones (excluding diaryl/α,β-unsaturated/α-hetero) is 1. The fraction of sp³-hybridized carbons (Fsp3) is 0.278. The van der Waals surface area contributed by atoms with E-state index in [-0.39, 0.29) is 17.8 Å². The van der Waals surface area contributed by atoms with Crippen LogP contribution in [0, 0.1) is 5.92 Å². The summed E-state index contributed by atoms with van der Waals surface area (Å²) in [5.74, 6) is 1.49. The number of fused-ring (bicyclic) bond motifs is 1. The topological polar surface area (TPSA) is 38.3 Å². The van der Waals surface area contributed by atoms with Crippen LogP contribution in [0.4, 0.5) is 5.69 Å². The minimum atomic E-state index is -0.362. The maximum absolute atomic E-state index is 12.6. The number of hydrogen-bond acceptors (Lipinski definition) is 3. The molecule has 1 N–H and O–H groups in total. The summed E-state index contributed by atoms with van der Waals surface area (Å²) in [5, 5.41) is 3.29. The Morgan fingerprint density at radius 2 is 1.81 bits per heavy atom. The summed E-state index contributed by atoms with van der Waals surface area (Å²) in [4.78, 5) is 12.6. The van der Waals surface area contributed by atoms with Crippen molar-refractivity contribution in [3.63, 3.8) is 0 Å². The minimum absolute atomic E-state index is 0.115. The lowest BCUT2D eigenvalue weighted by Crippen LogP contribution is -2.38. The SMILES string of the molecule is O=C(C1CNc2ccccc2O1)C1CC1c1ccccc1. The molecule has 3 heteroatoms. The number of benzene rings is 2. The molecule has 3 unspecified atom stereocenters. The quantitative estimate of drug-likeness (QED) is 0.937. The van der Waals surface area contributed by atoms with Gasteiger partial charge in [0.15, 0.2) is 11.9 Å². The third-order valence-electron chi connectivity index (χ3n) is 4.34. The van der Waals surface area contributed by atoms with Gasteiger partial charge in [-0.2, -0.15) is 0 Å². The number of para-hydroxylation sites is 2. The molecule has 3 atom stereocenters. The summed E-state index contributed by atoms with van der Waals surface area (Å²) < 4.78 is 5.87. The van der Waals surface area contributed by atoms with Gasteiger partial charge in [-0.15, -0.1) is 0 Å². The van der Waals surface area contributed by atoms with Gasteiger partial charge in [0, 0.05) is 5.92 Å². The van der Waals surface area contributed by atoms with E-state index in [4.69, 9.17) is 4.74 Å². The van der Waals surface area contributed by atoms with E-state index in [2.05, 4.69) is 17.4 Å². The summed E-state index contributed by atoms with van der Waals surface area (Å²) in [6, 6.07) is 18.0. The van der Waals surface area contributed by atoms with E-state index in [1.165, 1.54) is 5.56 Å². The molecule has 1 aliphatic carbocycles. The van der Waals surface area contributed by atoms with E-state index in [1.54, 1.807) is 0 Å². The fourth-order valence-corrected chi connectivity index (χ4v) is 3.09. The molecular formula is C18H17NO2. The van der Waals surface area contributed by atoms with Gasteiger partial charge in [0.25, 0.3) is 0 Å². The van der Waals surface area contributed by atoms with Crippen molar-refractivity contribution in [2.75, 3.05) is 11.9 Å². The van der Waals surface area contributed by atoms with Gasteiger partial charge in [-0.25, -0.2) is 0 Å². The Labute approximate surface area is 123 Å². The van der Waals surface area contributed by atoms with Crippen molar-refractivity contribution >= 4 is 11.5 Å². The molecule has 106 valence electrons. The standard InChI is InChI=1S/C18H17NO2/c20-18(14-10-13(14)12-6-2-1-3-7-12)17-11-19-15-8-4-5-9-16(15)21-17/h1-9,13-14,17,19H,10-11H2. The van der Waals surface area contributed by atoms with Crippen molar-refractivity contribution in [2.45, 2.75) is 18.4 Å². The highest BCUT2D eigenvalue weighted by atomic mass is 16.5. The molecule has 1 heterocycles. The molecule has 2 aromatic rings. The van der Waals surface area contributed by atoms with Gasteiger partial charge in [0.05, 0.1) is 12.2 Å². The second-order valence-corrected chi connectivity index (χ2v) is 5.75. The lowest BCUT2D eigenvalue weighted by molar-refractivity contribution is -0.126. The maximum atomic E-state index is 12.6. The number of nitrogens with one attached hydrogen (secondary N) is 1. The third kappa shape index (κ3) is 2.29. The number of ketones is 1. The molecule has 0 amide bonds. The van der Waals surface area contributed by atoms with Gasteiger partial charge >= 0.3 is 0 Å². The van der Waals surface area contributed by atoms with Crippen LogP contribution in [0.15, 0.2) is 54.6 Å². The lowest BCUT2D eigenvalue weighted by atomic mass is 10.0. The van der Waals surface area contributed by atoms with E-state index in [0.717, 1.165) is 17.9 Å². The molecule has 1 aliphatic heterocycles. The van der Waals surface area contributed by atoms with Crippen molar-refractivity contribution < 1.29 is 9.53 Å². The maximum Gasteiger partial charge on any atom is 0.178 e. The van der Waals surface area contributed by atoms with Crippen molar-refractivity contribution in [3.05, 3.63) is 60.2 Å². The molecule has 2 aliphatic rings. The number of carbonyl (C=O) groups excluding carboxylic acids is 1. The molecule has 0 radical (unpaired) electrons. The largest absolute Gasteiger partial charge is 0.479 e. The Bertz CT molecular complexity index is 668. The van der Waals surface area contributed by atoms with E-state index < -0.39 is 0 Å². The Morgan fingerprint density at radius 3 is 2.67 bits per heavy atom. The Balaban J connectivity index is 1.46. The molecule has 1 saturated carbocycles. The van der Waals surface area contributed by atoms with Crippen molar-refractivity contribution in [1.82, 2.24) is 0 Å². The fourth-order valence-electron chi connectivity index (χ4n) is 3.09. The van der Waals surface area contributed by atoms with Crippen LogP contribution in [-0.4, -0.2) is 18.4 Å². The molecule has 1 fully saturated rings. The summed E-state index contributed by atoms with van der Waals surface area (Å²) in [6.07, 6.45) is 0.586. The van der Waals surface area contributed by atoms with E-state index >= 15 is 0 Å². The van der Waals surface area contributed by atoms with Crippen LogP contribution in [-0.2, 0) is 4.79 Å². The number of rotatable bonds is 3. The number of anilines is 1. The van der Waals surface area contributed by atoms with E-state index in [9.17, 15) is 4.79 Å². The zero-order valence-electron chi connectivity index (χ0n) is 11.7. The summed E-state index contributed by atoms with van der Waals surface area (Å²) in [6.45, 7) is 0.563. The van der Waals surface area contributed by atoms with Gasteiger partial charge in [0.2, 0.25) is 0 Å². The van der Waals surface area contributed by atoms with Crippen molar-refractivity contribution in [1.29, 1.82) is 0 Å². The molecule has 2 aromatic carbocycles. The lowest BCUT2D eigenvalue weighted by Gasteiger charge is -2.26. The first-order chi connectivity index (χ1) is 10.3. The van der Waals surface area contributed by atoms with Crippen LogP contribution in [0.25, 0.3) is 0 Å². The average molecular weight is 279 g/mol. The zero-order valence-corrected chi connectivity index (χ0v) is 11.7. The third-order valence-corrected chi connectivity index (χ3v) is 4.34. The minimum Gasteiger partial charge on any atom is -0.479 e. The molecule has 4 rings (SSSR count). The van der Waals surface area contributed by atoms with Crippen LogP contribution in [0.2, 0.25) is 0 Å². The highest BCUT2D eigenvalue weighted by Gasteiger charge is 2.47. The average Bonchev–Trinajstić information content (AvgIpc) is 3.35. The van der Waals surface area contributed by atoms with Gasteiger partial charge in [-0.05, 0) is 30.0 Å². The second kappa shape index (κ2) is 4.92. The highest BCUT2D eigenvalue weighted by Crippen LogP contribution is 2.49. The first kappa shape index (κ1) is 12.5. The smallest absolute Gasteiger partial charge is 0.178 e. The predicted molar refractivity (Wildman–Crippen MR) is 81.6 cm³/mol. The zero-order chi connectivity index (χ0) is 14.2. The predicted octanol–water partition coefficient (Wildman–Crippen LogP) is 3.23. The van der Waals surface area contributed by atoms with Crippen molar-refractivity contribution in [2.24, 2.45) is 5.92 Å². The molecule has 0 bridgehead atoms. The van der Waals surface area contributed by atoms with Crippen LogP contribution in [0.5, 0.6) is 5.75 Å². The van der Waals surface area contributed by atoms with Crippen molar-refractivity contribution in [3.8, 4) is 5.75 Å². The Hall–Kier alpha value is -2.29. The monoisotopic (exact) mass is 279 g/mol. The highest BCUT2D eigenvalue weighted by molar-refractivity contribution is 5.90. The second-order valence-electron chi connectivity index (χ2n) is 5.75. The van der Waals surface area contributed by atoms with E-state index in [1.807, 2.05) is 42.5 Å². The number of ether oxygens (including phenoxy) is 1. The van der Waals surface area contributed by atoms with Gasteiger partial charge in [0.1, 0.15) is 5.75 Å². The normalized spacial score (nSPS) is 26.2. The Morgan fingerprint density at radius 1 is 1.05 bits per heavy atom. The van der Waals surface area contributed by atoms with E-state index in [0.29, 0.717) is 12.5 Å². The van der Waals surface area contributed by atoms with Crippen LogP contribution >= 0.6 is 0 Å².